The van der Waals surface area contributed by atoms with Crippen LogP contribution in [0.1, 0.15) is 20.8 Å². The molecule has 1 heterocycles. The smallest absolute Gasteiger partial charge is 0.227 e. The first-order chi connectivity index (χ1) is 6.56. The molecule has 3 nitrogen and oxygen atoms in total. The number of carbonyl (C=O) groups is 1. The van der Waals surface area contributed by atoms with E-state index in [1.165, 1.54) is 0 Å². The maximum Gasteiger partial charge on any atom is 0.227 e. The molecule has 0 aromatic rings. The third-order valence-corrected chi connectivity index (χ3v) is 3.01. The first kappa shape index (κ1) is 11.8. The fourth-order valence-electron chi connectivity index (χ4n) is 1.56. The summed E-state index contributed by atoms with van der Waals surface area (Å²) < 4.78 is 5.46. The Morgan fingerprint density at radius 2 is 2.29 bits per heavy atom. The first-order valence-electron chi connectivity index (χ1n) is 5.04. The quantitative estimate of drug-likeness (QED) is 0.659. The van der Waals surface area contributed by atoms with Crippen molar-refractivity contribution in [3.8, 4) is 0 Å². The van der Waals surface area contributed by atoms with Gasteiger partial charge in [0.05, 0.1) is 18.8 Å². The number of rotatable bonds is 2. The van der Waals surface area contributed by atoms with E-state index < -0.39 is 0 Å². The molecule has 1 rings (SSSR count). The second-order valence-electron chi connectivity index (χ2n) is 4.04. The molecule has 1 saturated heterocycles. The summed E-state index contributed by atoms with van der Waals surface area (Å²) in [5.41, 5.74) is 0. The summed E-state index contributed by atoms with van der Waals surface area (Å²) in [7, 11) is 0. The molecule has 82 valence electrons. The zero-order valence-electron chi connectivity index (χ0n) is 9.00. The van der Waals surface area contributed by atoms with Gasteiger partial charge in [0.25, 0.3) is 0 Å². The minimum atomic E-state index is -0.0931. The Labute approximate surface area is 90.4 Å². The van der Waals surface area contributed by atoms with Gasteiger partial charge in [-0.05, 0) is 13.8 Å². The van der Waals surface area contributed by atoms with Crippen molar-refractivity contribution < 1.29 is 9.53 Å². The number of alkyl halides is 1. The monoisotopic (exact) mass is 219 g/mol. The minimum Gasteiger partial charge on any atom is -0.375 e. The van der Waals surface area contributed by atoms with E-state index in [1.807, 2.05) is 25.7 Å². The molecular formula is C10H18ClNO2. The molecule has 1 fully saturated rings. The van der Waals surface area contributed by atoms with Crippen molar-refractivity contribution in [2.75, 3.05) is 19.0 Å². The highest BCUT2D eigenvalue weighted by Crippen LogP contribution is 2.15. The van der Waals surface area contributed by atoms with E-state index in [2.05, 4.69) is 0 Å². The van der Waals surface area contributed by atoms with E-state index >= 15 is 0 Å². The lowest BCUT2D eigenvalue weighted by Crippen LogP contribution is -2.52. The molecule has 0 saturated carbocycles. The molecular weight excluding hydrogens is 202 g/mol. The Kier molecular flexibility index (Phi) is 4.20. The average Bonchev–Trinajstić information content (AvgIpc) is 2.19. The second kappa shape index (κ2) is 4.99. The normalized spacial score (nSPS) is 30.1. The van der Waals surface area contributed by atoms with Crippen LogP contribution in [0.4, 0.5) is 0 Å². The number of morpholine rings is 1. The second-order valence-corrected chi connectivity index (χ2v) is 4.35. The number of ether oxygens (including phenoxy) is 1. The summed E-state index contributed by atoms with van der Waals surface area (Å²) in [4.78, 5) is 13.7. The van der Waals surface area contributed by atoms with Crippen LogP contribution < -0.4 is 0 Å². The van der Waals surface area contributed by atoms with Crippen molar-refractivity contribution >= 4 is 17.5 Å². The third kappa shape index (κ3) is 2.61. The maximum atomic E-state index is 11.9. The van der Waals surface area contributed by atoms with E-state index in [-0.39, 0.29) is 24.0 Å². The number of hydrogen-bond acceptors (Lipinski definition) is 2. The van der Waals surface area contributed by atoms with Crippen LogP contribution in [-0.4, -0.2) is 42.0 Å². The van der Waals surface area contributed by atoms with Gasteiger partial charge >= 0.3 is 0 Å². The van der Waals surface area contributed by atoms with Crippen molar-refractivity contribution in [3.05, 3.63) is 0 Å². The van der Waals surface area contributed by atoms with E-state index in [9.17, 15) is 4.79 Å². The van der Waals surface area contributed by atoms with Crippen LogP contribution in [0.2, 0.25) is 0 Å². The van der Waals surface area contributed by atoms with Crippen molar-refractivity contribution in [2.24, 2.45) is 5.92 Å². The van der Waals surface area contributed by atoms with Crippen LogP contribution in [-0.2, 0) is 9.53 Å². The van der Waals surface area contributed by atoms with Crippen LogP contribution in [0.5, 0.6) is 0 Å². The summed E-state index contributed by atoms with van der Waals surface area (Å²) in [6.07, 6.45) is 0.137. The lowest BCUT2D eigenvalue weighted by atomic mass is 10.1. The van der Waals surface area contributed by atoms with Gasteiger partial charge in [0.1, 0.15) is 0 Å². The Morgan fingerprint density at radius 1 is 1.64 bits per heavy atom. The molecule has 4 heteroatoms. The first-order valence-corrected chi connectivity index (χ1v) is 5.57. The number of hydrogen-bond donors (Lipinski definition) is 0. The van der Waals surface area contributed by atoms with E-state index in [1.54, 1.807) is 0 Å². The van der Waals surface area contributed by atoms with Crippen molar-refractivity contribution in [2.45, 2.75) is 32.9 Å². The molecule has 3 unspecified atom stereocenters. The van der Waals surface area contributed by atoms with Gasteiger partial charge in [-0.25, -0.2) is 0 Å². The maximum absolute atomic E-state index is 11.9. The molecule has 3 atom stereocenters. The Morgan fingerprint density at radius 3 is 2.86 bits per heavy atom. The van der Waals surface area contributed by atoms with Crippen molar-refractivity contribution in [3.63, 3.8) is 0 Å². The molecule has 0 aromatic carbocycles. The fourth-order valence-corrected chi connectivity index (χ4v) is 1.69. The van der Waals surface area contributed by atoms with Crippen molar-refractivity contribution in [1.82, 2.24) is 4.90 Å². The SMILES string of the molecule is CC1CN(C(=O)C(C)CCl)C(C)CO1. The molecule has 0 radical (unpaired) electrons. The number of amides is 1. The zero-order chi connectivity index (χ0) is 10.7. The van der Waals surface area contributed by atoms with Crippen LogP contribution in [0.15, 0.2) is 0 Å². The predicted octanol–water partition coefficient (Wildman–Crippen LogP) is 1.50. The van der Waals surface area contributed by atoms with E-state index in [4.69, 9.17) is 16.3 Å². The van der Waals surface area contributed by atoms with Gasteiger partial charge in [-0.15, -0.1) is 11.6 Å². The van der Waals surface area contributed by atoms with Crippen LogP contribution in [0.25, 0.3) is 0 Å². The minimum absolute atomic E-state index is 0.0931. The van der Waals surface area contributed by atoms with Crippen LogP contribution >= 0.6 is 11.6 Å². The molecule has 1 aliphatic rings. The Hall–Kier alpha value is -0.280. The number of nitrogens with zero attached hydrogens (tertiary/aromatic N) is 1. The standard InChI is InChI=1S/C10H18ClNO2/c1-7(4-11)10(13)12-5-9(3)14-6-8(12)2/h7-9H,4-6H2,1-3H3. The number of carbonyl (C=O) groups excluding carboxylic acids is 1. The van der Waals surface area contributed by atoms with E-state index in [0.717, 1.165) is 0 Å². The van der Waals surface area contributed by atoms with Crippen molar-refractivity contribution in [1.29, 1.82) is 0 Å². The zero-order valence-corrected chi connectivity index (χ0v) is 9.75. The highest BCUT2D eigenvalue weighted by molar-refractivity contribution is 6.19. The summed E-state index contributed by atoms with van der Waals surface area (Å²) in [6.45, 7) is 7.16. The highest BCUT2D eigenvalue weighted by Gasteiger charge is 2.29. The highest BCUT2D eigenvalue weighted by atomic mass is 35.5. The summed E-state index contributed by atoms with van der Waals surface area (Å²) in [5, 5.41) is 0. The summed E-state index contributed by atoms with van der Waals surface area (Å²) in [6, 6.07) is 0.171. The van der Waals surface area contributed by atoms with E-state index in [0.29, 0.717) is 19.0 Å². The largest absolute Gasteiger partial charge is 0.375 e. The molecule has 1 amide bonds. The lowest BCUT2D eigenvalue weighted by molar-refractivity contribution is -0.146. The third-order valence-electron chi connectivity index (χ3n) is 2.54. The summed E-state index contributed by atoms with van der Waals surface area (Å²) >= 11 is 5.67. The van der Waals surface area contributed by atoms with Gasteiger partial charge < -0.3 is 9.64 Å². The summed E-state index contributed by atoms with van der Waals surface area (Å²) in [5.74, 6) is 0.434. The topological polar surface area (TPSA) is 29.5 Å². The molecule has 0 aromatic heterocycles. The molecule has 0 bridgehead atoms. The lowest BCUT2D eigenvalue weighted by Gasteiger charge is -2.38. The Bertz CT molecular complexity index is 210. The molecule has 1 aliphatic heterocycles. The number of halogens is 1. The van der Waals surface area contributed by atoms with Crippen LogP contribution in [0, 0.1) is 5.92 Å². The Balaban J connectivity index is 2.60. The van der Waals surface area contributed by atoms with Gasteiger partial charge in [-0.3, -0.25) is 4.79 Å². The van der Waals surface area contributed by atoms with Gasteiger partial charge in [-0.1, -0.05) is 6.92 Å². The van der Waals surface area contributed by atoms with Crippen LogP contribution in [0.3, 0.4) is 0 Å². The fraction of sp³-hybridized carbons (Fsp3) is 0.900. The molecule has 0 N–H and O–H groups in total. The molecule has 0 spiro atoms. The van der Waals surface area contributed by atoms with Gasteiger partial charge in [0.2, 0.25) is 5.91 Å². The average molecular weight is 220 g/mol. The van der Waals surface area contributed by atoms with Gasteiger partial charge in [-0.2, -0.15) is 0 Å². The predicted molar refractivity (Wildman–Crippen MR) is 56.5 cm³/mol. The van der Waals surface area contributed by atoms with Gasteiger partial charge in [0, 0.05) is 18.3 Å². The molecule has 0 aliphatic carbocycles. The molecule has 14 heavy (non-hydrogen) atoms. The van der Waals surface area contributed by atoms with Gasteiger partial charge in [0.15, 0.2) is 0 Å².